The molecule has 0 saturated carbocycles. The summed E-state index contributed by atoms with van der Waals surface area (Å²) in [5, 5.41) is 8.48. The fourth-order valence-electron chi connectivity index (χ4n) is 0.862. The van der Waals surface area contributed by atoms with Crippen LogP contribution < -0.4 is 4.74 Å². The van der Waals surface area contributed by atoms with Crippen LogP contribution in [0.1, 0.15) is 5.56 Å². The summed E-state index contributed by atoms with van der Waals surface area (Å²) in [5.41, 5.74) is 1.56. The average molecular weight is 212 g/mol. The smallest absolute Gasteiger partial charge is 0.166 e. The zero-order valence-corrected chi connectivity index (χ0v) is 7.96. The van der Waals surface area contributed by atoms with Crippen molar-refractivity contribution >= 4 is 11.6 Å². The molecule has 2 nitrogen and oxygen atoms in total. The van der Waals surface area contributed by atoms with E-state index in [9.17, 15) is 4.39 Å². The van der Waals surface area contributed by atoms with Gasteiger partial charge in [0.15, 0.2) is 11.6 Å². The van der Waals surface area contributed by atoms with E-state index < -0.39 is 5.82 Å². The maximum absolute atomic E-state index is 13.1. The van der Waals surface area contributed by atoms with Crippen molar-refractivity contribution in [2.24, 2.45) is 0 Å². The summed E-state index contributed by atoms with van der Waals surface area (Å²) in [6, 6.07) is 5.86. The van der Waals surface area contributed by atoms with Gasteiger partial charge in [0.1, 0.15) is 6.61 Å². The molecule has 1 rings (SSSR count). The van der Waals surface area contributed by atoms with Gasteiger partial charge in [-0.25, -0.2) is 4.39 Å². The third-order valence-electron chi connectivity index (χ3n) is 1.49. The second-order valence-electron chi connectivity index (χ2n) is 2.43. The predicted octanol–water partition coefficient (Wildman–Crippen LogP) is 2.83. The highest BCUT2D eigenvalue weighted by molar-refractivity contribution is 6.25. The topological polar surface area (TPSA) is 33.0 Å². The van der Waals surface area contributed by atoms with Crippen LogP contribution >= 0.6 is 11.6 Å². The van der Waals surface area contributed by atoms with Crippen LogP contribution in [0.2, 0.25) is 0 Å². The standard InChI is InChI=1S/C10H7ClFNO/c11-4-1-5-14-10-3-2-8(7-13)6-9(10)12/h1-4,6H,5H2/b4-1+. The Morgan fingerprint density at radius 3 is 2.93 bits per heavy atom. The highest BCUT2D eigenvalue weighted by Gasteiger charge is 2.03. The number of ether oxygens (including phenoxy) is 1. The van der Waals surface area contributed by atoms with Crippen molar-refractivity contribution in [3.05, 3.63) is 41.2 Å². The van der Waals surface area contributed by atoms with Crippen LogP contribution in [0.25, 0.3) is 0 Å². The lowest BCUT2D eigenvalue weighted by atomic mass is 10.2. The van der Waals surface area contributed by atoms with Gasteiger partial charge >= 0.3 is 0 Å². The Balaban J connectivity index is 2.75. The zero-order chi connectivity index (χ0) is 10.4. The normalized spacial score (nSPS) is 10.1. The summed E-state index contributed by atoms with van der Waals surface area (Å²) in [6.45, 7) is 0.201. The van der Waals surface area contributed by atoms with Crippen molar-refractivity contribution in [1.82, 2.24) is 0 Å². The largest absolute Gasteiger partial charge is 0.486 e. The lowest BCUT2D eigenvalue weighted by molar-refractivity contribution is 0.342. The van der Waals surface area contributed by atoms with Gasteiger partial charge in [-0.3, -0.25) is 0 Å². The van der Waals surface area contributed by atoms with Crippen LogP contribution in [0, 0.1) is 17.1 Å². The quantitative estimate of drug-likeness (QED) is 0.770. The van der Waals surface area contributed by atoms with Crippen molar-refractivity contribution in [3.8, 4) is 11.8 Å². The molecule has 0 N–H and O–H groups in total. The van der Waals surface area contributed by atoms with Gasteiger partial charge in [-0.1, -0.05) is 11.6 Å². The van der Waals surface area contributed by atoms with E-state index in [1.54, 1.807) is 6.08 Å². The summed E-state index contributed by atoms with van der Waals surface area (Å²) >= 11 is 5.26. The second-order valence-corrected chi connectivity index (χ2v) is 2.68. The number of halogens is 2. The monoisotopic (exact) mass is 211 g/mol. The minimum absolute atomic E-state index is 0.110. The van der Waals surface area contributed by atoms with Gasteiger partial charge in [0, 0.05) is 5.54 Å². The van der Waals surface area contributed by atoms with E-state index in [0.29, 0.717) is 0 Å². The highest BCUT2D eigenvalue weighted by Crippen LogP contribution is 2.17. The molecule has 0 aliphatic rings. The zero-order valence-electron chi connectivity index (χ0n) is 7.21. The van der Waals surface area contributed by atoms with E-state index in [-0.39, 0.29) is 17.9 Å². The molecule has 0 aromatic heterocycles. The molecule has 0 aliphatic carbocycles. The fourth-order valence-corrected chi connectivity index (χ4v) is 0.934. The van der Waals surface area contributed by atoms with Crippen LogP contribution in [-0.4, -0.2) is 6.61 Å². The number of nitriles is 1. The molecule has 0 bridgehead atoms. The lowest BCUT2D eigenvalue weighted by Crippen LogP contribution is -1.95. The van der Waals surface area contributed by atoms with E-state index in [4.69, 9.17) is 21.6 Å². The number of rotatable bonds is 3. The molecule has 1 aromatic rings. The number of hydrogen-bond donors (Lipinski definition) is 0. The summed E-state index contributed by atoms with van der Waals surface area (Å²) in [4.78, 5) is 0. The second kappa shape index (κ2) is 5.25. The first-order chi connectivity index (χ1) is 6.77. The molecule has 72 valence electrons. The number of benzene rings is 1. The van der Waals surface area contributed by atoms with E-state index in [1.807, 2.05) is 6.07 Å². The maximum atomic E-state index is 13.1. The number of hydrogen-bond acceptors (Lipinski definition) is 2. The van der Waals surface area contributed by atoms with Crippen molar-refractivity contribution in [1.29, 1.82) is 5.26 Å². The SMILES string of the molecule is N#Cc1ccc(OC/C=C/Cl)c(F)c1. The molecule has 4 heteroatoms. The van der Waals surface area contributed by atoms with Crippen molar-refractivity contribution in [2.45, 2.75) is 0 Å². The first kappa shape index (κ1) is 10.6. The van der Waals surface area contributed by atoms with Crippen LogP contribution in [0.15, 0.2) is 29.8 Å². The Labute approximate surface area is 86.2 Å². The fraction of sp³-hybridized carbons (Fsp3) is 0.100. The Bertz CT molecular complexity index is 384. The van der Waals surface area contributed by atoms with Gasteiger partial charge in [0.25, 0.3) is 0 Å². The molecule has 0 amide bonds. The Kier molecular flexibility index (Phi) is 3.96. The Morgan fingerprint density at radius 1 is 1.57 bits per heavy atom. The van der Waals surface area contributed by atoms with Gasteiger partial charge < -0.3 is 4.74 Å². The molecular weight excluding hydrogens is 205 g/mol. The van der Waals surface area contributed by atoms with Gasteiger partial charge in [-0.2, -0.15) is 5.26 Å². The van der Waals surface area contributed by atoms with Crippen LogP contribution in [0.5, 0.6) is 5.75 Å². The predicted molar refractivity (Wildman–Crippen MR) is 51.6 cm³/mol. The van der Waals surface area contributed by atoms with Crippen molar-refractivity contribution in [2.75, 3.05) is 6.61 Å². The third-order valence-corrected chi connectivity index (χ3v) is 1.66. The van der Waals surface area contributed by atoms with Gasteiger partial charge in [0.05, 0.1) is 11.6 Å². The summed E-state index contributed by atoms with van der Waals surface area (Å²) < 4.78 is 18.2. The van der Waals surface area contributed by atoms with Crippen molar-refractivity contribution < 1.29 is 9.13 Å². The van der Waals surface area contributed by atoms with Gasteiger partial charge in [0.2, 0.25) is 0 Å². The van der Waals surface area contributed by atoms with Gasteiger partial charge in [-0.15, -0.1) is 0 Å². The number of nitrogens with zero attached hydrogens (tertiary/aromatic N) is 1. The molecule has 0 spiro atoms. The van der Waals surface area contributed by atoms with E-state index >= 15 is 0 Å². The molecule has 0 radical (unpaired) electrons. The minimum Gasteiger partial charge on any atom is -0.486 e. The molecule has 0 aliphatic heterocycles. The Morgan fingerprint density at radius 2 is 2.36 bits per heavy atom. The maximum Gasteiger partial charge on any atom is 0.166 e. The molecule has 14 heavy (non-hydrogen) atoms. The van der Waals surface area contributed by atoms with E-state index in [1.165, 1.54) is 17.7 Å². The Hall–Kier alpha value is -1.53. The first-order valence-corrected chi connectivity index (χ1v) is 4.29. The van der Waals surface area contributed by atoms with E-state index in [2.05, 4.69) is 0 Å². The molecule has 0 heterocycles. The van der Waals surface area contributed by atoms with Crippen LogP contribution in [-0.2, 0) is 0 Å². The summed E-state index contributed by atoms with van der Waals surface area (Å²) in [7, 11) is 0. The average Bonchev–Trinajstić information content (AvgIpc) is 2.20. The summed E-state index contributed by atoms with van der Waals surface area (Å²) in [5.74, 6) is -0.439. The molecule has 0 fully saturated rings. The molecule has 1 aromatic carbocycles. The van der Waals surface area contributed by atoms with E-state index in [0.717, 1.165) is 6.07 Å². The first-order valence-electron chi connectivity index (χ1n) is 3.85. The highest BCUT2D eigenvalue weighted by atomic mass is 35.5. The van der Waals surface area contributed by atoms with Gasteiger partial charge in [-0.05, 0) is 24.3 Å². The van der Waals surface area contributed by atoms with Crippen LogP contribution in [0.3, 0.4) is 0 Å². The van der Waals surface area contributed by atoms with Crippen LogP contribution in [0.4, 0.5) is 4.39 Å². The van der Waals surface area contributed by atoms with Crippen molar-refractivity contribution in [3.63, 3.8) is 0 Å². The lowest BCUT2D eigenvalue weighted by Gasteiger charge is -2.03. The summed E-state index contributed by atoms with van der Waals surface area (Å²) in [6.07, 6.45) is 1.54. The third kappa shape index (κ3) is 2.75. The minimum atomic E-state index is -0.549. The molecule has 0 unspecified atom stereocenters. The molecule has 0 saturated heterocycles. The molecular formula is C10H7ClFNO. The molecule has 0 atom stereocenters.